The molecule has 0 atom stereocenters. The van der Waals surface area contributed by atoms with Crippen LogP contribution < -0.4 is 14.8 Å². The summed E-state index contributed by atoms with van der Waals surface area (Å²) >= 11 is 0. The van der Waals surface area contributed by atoms with Crippen LogP contribution in [0.4, 0.5) is 0 Å². The number of hydrogen-bond donors (Lipinski definition) is 1. The molecule has 4 aromatic rings. The Morgan fingerprint density at radius 2 is 1.77 bits per heavy atom. The van der Waals surface area contributed by atoms with Crippen molar-refractivity contribution in [2.45, 2.75) is 19.9 Å². The van der Waals surface area contributed by atoms with Gasteiger partial charge in [-0.15, -0.1) is 0 Å². The number of ether oxygens (including phenoxy) is 2. The fourth-order valence-corrected chi connectivity index (χ4v) is 3.62. The highest BCUT2D eigenvalue weighted by atomic mass is 16.7. The summed E-state index contributed by atoms with van der Waals surface area (Å²) in [5.41, 5.74) is 3.58. The minimum atomic E-state index is -0.196. The topological polar surface area (TPSA) is 70.3 Å². The number of benzene rings is 2. The normalized spacial score (nSPS) is 12.2. The average molecular weight is 414 g/mol. The van der Waals surface area contributed by atoms with E-state index in [0.29, 0.717) is 23.7 Å². The number of rotatable bonds is 6. The second-order valence-corrected chi connectivity index (χ2v) is 7.27. The Hall–Kier alpha value is -4.00. The van der Waals surface area contributed by atoms with Crippen LogP contribution in [0.5, 0.6) is 11.5 Å². The smallest absolute Gasteiger partial charge is 0.256 e. The molecular formula is C24H22N4O3. The third kappa shape index (κ3) is 3.66. The van der Waals surface area contributed by atoms with Gasteiger partial charge < -0.3 is 19.4 Å². The number of aromatic nitrogens is 3. The van der Waals surface area contributed by atoms with Crippen LogP contribution in [-0.4, -0.2) is 27.0 Å². The van der Waals surface area contributed by atoms with Gasteiger partial charge in [0.25, 0.3) is 5.91 Å². The first-order valence-electron chi connectivity index (χ1n) is 10.2. The van der Waals surface area contributed by atoms with Gasteiger partial charge in [-0.1, -0.05) is 25.1 Å². The number of hydrogen-bond acceptors (Lipinski definition) is 4. The predicted octanol–water partition coefficient (Wildman–Crippen LogP) is 3.88. The molecule has 3 heterocycles. The molecule has 7 heteroatoms. The molecule has 31 heavy (non-hydrogen) atoms. The molecule has 156 valence electrons. The molecule has 0 fully saturated rings. The molecule has 2 aromatic heterocycles. The Labute approximate surface area is 179 Å². The summed E-state index contributed by atoms with van der Waals surface area (Å²) in [6.07, 6.45) is 6.39. The van der Waals surface area contributed by atoms with Crippen LogP contribution in [0, 0.1) is 0 Å². The molecule has 7 nitrogen and oxygen atoms in total. The Morgan fingerprint density at radius 1 is 1.03 bits per heavy atom. The number of nitrogens with one attached hydrogen (secondary N) is 1. The second-order valence-electron chi connectivity index (χ2n) is 7.27. The molecular weight excluding hydrogens is 392 g/mol. The first-order valence-corrected chi connectivity index (χ1v) is 10.2. The lowest BCUT2D eigenvalue weighted by atomic mass is 10.1. The SMILES string of the molecule is CCc1ccc(-n2ncc(C(=O)NCc3ccc4c(c3)OCO4)c2-n2cccc2)cc1. The summed E-state index contributed by atoms with van der Waals surface area (Å²) in [5.74, 6) is 1.92. The van der Waals surface area contributed by atoms with Crippen LogP contribution >= 0.6 is 0 Å². The fourth-order valence-electron chi connectivity index (χ4n) is 3.62. The molecule has 0 radical (unpaired) electrons. The Balaban J connectivity index is 1.43. The quantitative estimate of drug-likeness (QED) is 0.520. The third-order valence-electron chi connectivity index (χ3n) is 5.32. The number of carbonyl (C=O) groups excluding carboxylic acids is 1. The lowest BCUT2D eigenvalue weighted by Crippen LogP contribution is -2.24. The molecule has 0 bridgehead atoms. The zero-order valence-corrected chi connectivity index (χ0v) is 17.1. The number of aryl methyl sites for hydroxylation is 1. The van der Waals surface area contributed by atoms with Gasteiger partial charge >= 0.3 is 0 Å². The highest BCUT2D eigenvalue weighted by Crippen LogP contribution is 2.32. The first kappa shape index (κ1) is 19.0. The summed E-state index contributed by atoms with van der Waals surface area (Å²) in [7, 11) is 0. The highest BCUT2D eigenvalue weighted by Gasteiger charge is 2.20. The molecule has 1 aliphatic rings. The molecule has 0 unspecified atom stereocenters. The van der Waals surface area contributed by atoms with E-state index in [4.69, 9.17) is 9.47 Å². The van der Waals surface area contributed by atoms with E-state index in [2.05, 4.69) is 29.5 Å². The maximum absolute atomic E-state index is 13.1. The summed E-state index contributed by atoms with van der Waals surface area (Å²) < 4.78 is 14.4. The van der Waals surface area contributed by atoms with Crippen LogP contribution in [0.1, 0.15) is 28.4 Å². The van der Waals surface area contributed by atoms with Gasteiger partial charge in [0.2, 0.25) is 6.79 Å². The van der Waals surface area contributed by atoms with Gasteiger partial charge in [-0.25, -0.2) is 4.68 Å². The number of carbonyl (C=O) groups is 1. The number of nitrogens with zero attached hydrogens (tertiary/aromatic N) is 3. The van der Waals surface area contributed by atoms with Crippen molar-refractivity contribution >= 4 is 5.91 Å². The minimum Gasteiger partial charge on any atom is -0.454 e. The van der Waals surface area contributed by atoms with Crippen LogP contribution in [0.3, 0.4) is 0 Å². The molecule has 0 aliphatic carbocycles. The minimum absolute atomic E-state index is 0.196. The number of fused-ring (bicyclic) bond motifs is 1. The van der Waals surface area contributed by atoms with E-state index in [1.54, 1.807) is 10.9 Å². The number of amides is 1. The third-order valence-corrected chi connectivity index (χ3v) is 5.32. The van der Waals surface area contributed by atoms with Crippen molar-refractivity contribution in [1.82, 2.24) is 19.7 Å². The monoisotopic (exact) mass is 414 g/mol. The lowest BCUT2D eigenvalue weighted by molar-refractivity contribution is 0.0951. The highest BCUT2D eigenvalue weighted by molar-refractivity contribution is 5.97. The van der Waals surface area contributed by atoms with Gasteiger partial charge in [-0.05, 0) is 53.9 Å². The predicted molar refractivity (Wildman–Crippen MR) is 116 cm³/mol. The molecule has 0 saturated heterocycles. The molecule has 2 aromatic carbocycles. The maximum atomic E-state index is 13.1. The van der Waals surface area contributed by atoms with Crippen molar-refractivity contribution in [2.75, 3.05) is 6.79 Å². The average Bonchev–Trinajstić information content (AvgIpc) is 3.57. The zero-order chi connectivity index (χ0) is 21.2. The fraction of sp³-hybridized carbons (Fsp3) is 0.167. The van der Waals surface area contributed by atoms with Gasteiger partial charge in [-0.3, -0.25) is 4.79 Å². The largest absolute Gasteiger partial charge is 0.454 e. The van der Waals surface area contributed by atoms with Crippen molar-refractivity contribution in [3.8, 4) is 23.0 Å². The van der Waals surface area contributed by atoms with Crippen molar-refractivity contribution in [2.24, 2.45) is 0 Å². The molecule has 1 aliphatic heterocycles. The second kappa shape index (κ2) is 8.02. The summed E-state index contributed by atoms with van der Waals surface area (Å²) in [6.45, 7) is 2.72. The van der Waals surface area contributed by atoms with Crippen molar-refractivity contribution in [1.29, 1.82) is 0 Å². The van der Waals surface area contributed by atoms with E-state index < -0.39 is 0 Å². The van der Waals surface area contributed by atoms with E-state index in [0.717, 1.165) is 23.4 Å². The van der Waals surface area contributed by atoms with Gasteiger partial charge in [-0.2, -0.15) is 5.10 Å². The van der Waals surface area contributed by atoms with E-state index in [9.17, 15) is 4.79 Å². The standard InChI is InChI=1S/C24H22N4O3/c1-2-17-5-8-19(9-6-17)28-24(27-11-3-4-12-27)20(15-26-28)23(29)25-14-18-7-10-21-22(13-18)31-16-30-21/h3-13,15H,2,14,16H2,1H3,(H,25,29). The van der Waals surface area contributed by atoms with Crippen LogP contribution in [-0.2, 0) is 13.0 Å². The first-order chi connectivity index (χ1) is 15.2. The Kier molecular flexibility index (Phi) is 4.92. The van der Waals surface area contributed by atoms with Crippen LogP contribution in [0.15, 0.2) is 73.2 Å². The summed E-state index contributed by atoms with van der Waals surface area (Å²) in [5, 5.41) is 7.51. The molecule has 5 rings (SSSR count). The molecule has 1 N–H and O–H groups in total. The van der Waals surface area contributed by atoms with Gasteiger partial charge in [0.05, 0.1) is 11.9 Å². The summed E-state index contributed by atoms with van der Waals surface area (Å²) in [6, 6.07) is 17.7. The van der Waals surface area contributed by atoms with E-state index in [1.807, 2.05) is 59.4 Å². The van der Waals surface area contributed by atoms with Crippen molar-refractivity contribution < 1.29 is 14.3 Å². The van der Waals surface area contributed by atoms with E-state index >= 15 is 0 Å². The van der Waals surface area contributed by atoms with Crippen LogP contribution in [0.2, 0.25) is 0 Å². The van der Waals surface area contributed by atoms with Crippen molar-refractivity contribution in [3.63, 3.8) is 0 Å². The Morgan fingerprint density at radius 3 is 2.55 bits per heavy atom. The van der Waals surface area contributed by atoms with Crippen LogP contribution in [0.25, 0.3) is 11.5 Å². The lowest BCUT2D eigenvalue weighted by Gasteiger charge is -2.12. The summed E-state index contributed by atoms with van der Waals surface area (Å²) in [4.78, 5) is 13.1. The van der Waals surface area contributed by atoms with E-state index in [1.165, 1.54) is 5.56 Å². The zero-order valence-electron chi connectivity index (χ0n) is 17.1. The molecule has 0 saturated carbocycles. The Bertz CT molecular complexity index is 1210. The maximum Gasteiger partial charge on any atom is 0.256 e. The van der Waals surface area contributed by atoms with E-state index in [-0.39, 0.29) is 12.7 Å². The van der Waals surface area contributed by atoms with Gasteiger partial charge in [0.1, 0.15) is 5.56 Å². The molecule has 1 amide bonds. The van der Waals surface area contributed by atoms with Gasteiger partial charge in [0.15, 0.2) is 17.3 Å². The van der Waals surface area contributed by atoms with Gasteiger partial charge in [0, 0.05) is 18.9 Å². The molecule has 0 spiro atoms. The van der Waals surface area contributed by atoms with Crippen molar-refractivity contribution in [3.05, 3.63) is 89.9 Å².